The summed E-state index contributed by atoms with van der Waals surface area (Å²) < 4.78 is 65.6. The fourth-order valence-corrected chi connectivity index (χ4v) is 4.50. The third-order valence-electron chi connectivity index (χ3n) is 4.14. The van der Waals surface area contributed by atoms with Crippen LogP contribution in [0.5, 0.6) is 0 Å². The predicted molar refractivity (Wildman–Crippen MR) is 98.9 cm³/mol. The highest BCUT2D eigenvalue weighted by atomic mass is 35.5. The molecular weight excluding hydrogens is 440 g/mol. The summed E-state index contributed by atoms with van der Waals surface area (Å²) in [7, 11) is -4.04. The normalized spacial score (nSPS) is 14.5. The number of sulfonamides is 1. The molecule has 1 heterocycles. The van der Waals surface area contributed by atoms with Crippen LogP contribution in [0.15, 0.2) is 41.3 Å². The number of alkyl halides is 3. The van der Waals surface area contributed by atoms with Crippen LogP contribution in [-0.2, 0) is 27.8 Å². The van der Waals surface area contributed by atoms with E-state index in [1.165, 1.54) is 36.4 Å². The largest absolute Gasteiger partial charge is 0.471 e. The first kappa shape index (κ1) is 20.8. The van der Waals surface area contributed by atoms with Crippen molar-refractivity contribution in [3.8, 4) is 0 Å². The second-order valence-corrected chi connectivity index (χ2v) is 8.72. The number of nitrogens with zero attached hydrogens (tertiary/aromatic N) is 1. The minimum absolute atomic E-state index is 0.0866. The van der Waals surface area contributed by atoms with Gasteiger partial charge in [0.05, 0.1) is 10.6 Å². The summed E-state index contributed by atoms with van der Waals surface area (Å²) >= 11 is 11.7. The van der Waals surface area contributed by atoms with E-state index in [1.807, 2.05) is 0 Å². The molecule has 5 nitrogen and oxygen atoms in total. The van der Waals surface area contributed by atoms with E-state index in [1.54, 1.807) is 0 Å². The number of hydrogen-bond acceptors (Lipinski definition) is 3. The van der Waals surface area contributed by atoms with Gasteiger partial charge in [0.2, 0.25) is 0 Å². The third kappa shape index (κ3) is 4.53. The van der Waals surface area contributed by atoms with Gasteiger partial charge in [-0.15, -0.1) is 0 Å². The zero-order valence-electron chi connectivity index (χ0n) is 14.1. The van der Waals surface area contributed by atoms with E-state index >= 15 is 0 Å². The molecule has 28 heavy (non-hydrogen) atoms. The average Bonchev–Trinajstić information content (AvgIpc) is 2.58. The number of hydrogen-bond donors (Lipinski definition) is 1. The molecule has 0 atom stereocenters. The van der Waals surface area contributed by atoms with Crippen molar-refractivity contribution in [2.45, 2.75) is 24.0 Å². The summed E-state index contributed by atoms with van der Waals surface area (Å²) in [6.07, 6.45) is -4.77. The van der Waals surface area contributed by atoms with Crippen LogP contribution in [0.3, 0.4) is 0 Å². The van der Waals surface area contributed by atoms with Gasteiger partial charge in [-0.2, -0.15) is 13.2 Å². The minimum atomic E-state index is -4.98. The SMILES string of the molecule is O=C(N1CCc2ccc(S(=O)(=O)Nc3cc(Cl)cc(Cl)c3)cc2C1)C(F)(F)F. The Bertz CT molecular complexity index is 1020. The molecule has 150 valence electrons. The predicted octanol–water partition coefficient (Wildman–Crippen LogP) is 4.24. The molecule has 2 aromatic rings. The first-order chi connectivity index (χ1) is 13.0. The molecule has 0 fully saturated rings. The van der Waals surface area contributed by atoms with Crippen LogP contribution in [0.25, 0.3) is 0 Å². The summed E-state index contributed by atoms with van der Waals surface area (Å²) in [5.74, 6) is -1.95. The number of benzene rings is 2. The highest BCUT2D eigenvalue weighted by Crippen LogP contribution is 2.28. The maximum atomic E-state index is 12.7. The van der Waals surface area contributed by atoms with Crippen molar-refractivity contribution in [2.75, 3.05) is 11.3 Å². The molecule has 1 N–H and O–H groups in total. The quantitative estimate of drug-likeness (QED) is 0.756. The Morgan fingerprint density at radius 2 is 1.68 bits per heavy atom. The minimum Gasteiger partial charge on any atom is -0.330 e. The first-order valence-electron chi connectivity index (χ1n) is 7.92. The molecule has 0 saturated heterocycles. The number of rotatable bonds is 3. The van der Waals surface area contributed by atoms with Gasteiger partial charge in [-0.1, -0.05) is 29.3 Å². The van der Waals surface area contributed by atoms with Crippen LogP contribution in [0.2, 0.25) is 10.0 Å². The molecule has 1 amide bonds. The number of amides is 1. The molecule has 1 aliphatic heterocycles. The summed E-state index contributed by atoms with van der Waals surface area (Å²) in [4.78, 5) is 12.0. The molecule has 11 heteroatoms. The molecule has 2 aromatic carbocycles. The van der Waals surface area contributed by atoms with E-state index in [0.29, 0.717) is 16.0 Å². The van der Waals surface area contributed by atoms with Gasteiger partial charge in [-0.25, -0.2) is 8.42 Å². The zero-order chi connectivity index (χ0) is 20.7. The molecule has 0 spiro atoms. The maximum absolute atomic E-state index is 12.7. The highest BCUT2D eigenvalue weighted by Gasteiger charge is 2.43. The van der Waals surface area contributed by atoms with Gasteiger partial charge in [0, 0.05) is 23.1 Å². The molecule has 0 saturated carbocycles. The monoisotopic (exact) mass is 452 g/mol. The van der Waals surface area contributed by atoms with Crippen molar-refractivity contribution in [1.29, 1.82) is 0 Å². The molecule has 0 bridgehead atoms. The summed E-state index contributed by atoms with van der Waals surface area (Å²) in [5, 5.41) is 0.467. The van der Waals surface area contributed by atoms with Gasteiger partial charge in [-0.3, -0.25) is 9.52 Å². The van der Waals surface area contributed by atoms with Gasteiger partial charge >= 0.3 is 12.1 Å². The van der Waals surface area contributed by atoms with Crippen LogP contribution < -0.4 is 4.72 Å². The summed E-state index contributed by atoms with van der Waals surface area (Å²) in [6.45, 7) is -0.406. The standard InChI is InChI=1S/C17H13Cl2F3N2O3S/c18-12-6-13(19)8-14(7-12)23-28(26,27)15-2-1-10-3-4-24(9-11(10)5-15)16(25)17(20,21)22/h1-2,5-8,23H,3-4,9H2. The van der Waals surface area contributed by atoms with Gasteiger partial charge in [0.25, 0.3) is 10.0 Å². The summed E-state index contributed by atoms with van der Waals surface area (Å²) in [5.41, 5.74) is 1.18. The Morgan fingerprint density at radius 3 is 2.29 bits per heavy atom. The van der Waals surface area contributed by atoms with E-state index < -0.39 is 22.1 Å². The molecular formula is C17H13Cl2F3N2O3S. The Balaban J connectivity index is 1.87. The molecule has 1 aliphatic rings. The Morgan fingerprint density at radius 1 is 1.04 bits per heavy atom. The van der Waals surface area contributed by atoms with Gasteiger partial charge in [-0.05, 0) is 47.9 Å². The number of anilines is 1. The third-order valence-corrected chi connectivity index (χ3v) is 5.96. The van der Waals surface area contributed by atoms with Crippen molar-refractivity contribution >= 4 is 44.8 Å². The lowest BCUT2D eigenvalue weighted by molar-refractivity contribution is -0.186. The van der Waals surface area contributed by atoms with Crippen molar-refractivity contribution in [2.24, 2.45) is 0 Å². The molecule has 3 rings (SSSR count). The van der Waals surface area contributed by atoms with Crippen molar-refractivity contribution in [3.05, 3.63) is 57.6 Å². The fraction of sp³-hybridized carbons (Fsp3) is 0.235. The Kier molecular flexibility index (Phi) is 5.53. The lowest BCUT2D eigenvalue weighted by atomic mass is 10.00. The lowest BCUT2D eigenvalue weighted by Gasteiger charge is -2.29. The number of halogens is 5. The second kappa shape index (κ2) is 7.46. The molecule has 0 aliphatic carbocycles. The fourth-order valence-electron chi connectivity index (χ4n) is 2.88. The Labute approximate surface area is 169 Å². The van der Waals surface area contributed by atoms with Crippen molar-refractivity contribution in [3.63, 3.8) is 0 Å². The molecule has 0 unspecified atom stereocenters. The van der Waals surface area contributed by atoms with Crippen molar-refractivity contribution < 1.29 is 26.4 Å². The van der Waals surface area contributed by atoms with Crippen molar-refractivity contribution in [1.82, 2.24) is 4.90 Å². The number of nitrogens with one attached hydrogen (secondary N) is 1. The van der Waals surface area contributed by atoms with E-state index in [9.17, 15) is 26.4 Å². The first-order valence-corrected chi connectivity index (χ1v) is 10.2. The van der Waals surface area contributed by atoms with Gasteiger partial charge in [0.15, 0.2) is 0 Å². The summed E-state index contributed by atoms with van der Waals surface area (Å²) in [6, 6.07) is 8.32. The van der Waals surface area contributed by atoms with Crippen LogP contribution in [0, 0.1) is 0 Å². The molecule has 0 aromatic heterocycles. The number of fused-ring (bicyclic) bond motifs is 1. The Hall–Kier alpha value is -1.97. The lowest BCUT2D eigenvalue weighted by Crippen LogP contribution is -2.43. The topological polar surface area (TPSA) is 66.5 Å². The van der Waals surface area contributed by atoms with E-state index in [2.05, 4.69) is 4.72 Å². The second-order valence-electron chi connectivity index (χ2n) is 6.17. The smallest absolute Gasteiger partial charge is 0.330 e. The van der Waals surface area contributed by atoms with Crippen LogP contribution in [-0.4, -0.2) is 31.9 Å². The zero-order valence-corrected chi connectivity index (χ0v) is 16.4. The highest BCUT2D eigenvalue weighted by molar-refractivity contribution is 7.92. The van der Waals surface area contributed by atoms with Gasteiger partial charge < -0.3 is 4.90 Å². The van der Waals surface area contributed by atoms with E-state index in [0.717, 1.165) is 0 Å². The maximum Gasteiger partial charge on any atom is 0.471 e. The number of carbonyl (C=O) groups excluding carboxylic acids is 1. The number of carbonyl (C=O) groups is 1. The molecule has 0 radical (unpaired) electrons. The van der Waals surface area contributed by atoms with Crippen LogP contribution in [0.1, 0.15) is 11.1 Å². The average molecular weight is 453 g/mol. The van der Waals surface area contributed by atoms with Gasteiger partial charge in [0.1, 0.15) is 0 Å². The van der Waals surface area contributed by atoms with E-state index in [-0.39, 0.29) is 40.1 Å². The van der Waals surface area contributed by atoms with Crippen LogP contribution >= 0.6 is 23.2 Å². The van der Waals surface area contributed by atoms with Crippen LogP contribution in [0.4, 0.5) is 18.9 Å². The van der Waals surface area contributed by atoms with E-state index in [4.69, 9.17) is 23.2 Å².